The first-order valence-corrected chi connectivity index (χ1v) is 9.10. The van der Waals surface area contributed by atoms with Crippen LogP contribution in [0.25, 0.3) is 11.5 Å². The summed E-state index contributed by atoms with van der Waals surface area (Å²) in [4.78, 5) is 4.13. The van der Waals surface area contributed by atoms with Gasteiger partial charge in [-0.2, -0.15) is 4.98 Å². The second-order valence-corrected chi connectivity index (χ2v) is 7.37. The Kier molecular flexibility index (Phi) is 4.55. The fraction of sp³-hybridized carbons (Fsp3) is 0.125. The van der Waals surface area contributed by atoms with E-state index in [9.17, 15) is 8.42 Å². The summed E-state index contributed by atoms with van der Waals surface area (Å²) in [6.45, 7) is 1.71. The van der Waals surface area contributed by atoms with Crippen molar-refractivity contribution in [2.24, 2.45) is 0 Å². The summed E-state index contributed by atoms with van der Waals surface area (Å²) in [5.41, 5.74) is 1.72. The zero-order chi connectivity index (χ0) is 17.2. The van der Waals surface area contributed by atoms with Gasteiger partial charge in [-0.1, -0.05) is 35.0 Å². The van der Waals surface area contributed by atoms with Crippen molar-refractivity contribution in [2.45, 2.75) is 12.7 Å². The van der Waals surface area contributed by atoms with Gasteiger partial charge >= 0.3 is 0 Å². The number of nitrogens with zero attached hydrogens (tertiary/aromatic N) is 2. The Labute approximate surface area is 144 Å². The molecule has 0 radical (unpaired) electrons. The Hall–Kier alpha value is -2.38. The Morgan fingerprint density at radius 1 is 1.17 bits per heavy atom. The number of halogens is 1. The smallest absolute Gasteiger partial charge is 0.257 e. The molecule has 0 unspecified atom stereocenters. The van der Waals surface area contributed by atoms with Crippen LogP contribution in [0.1, 0.15) is 11.4 Å². The van der Waals surface area contributed by atoms with E-state index < -0.39 is 10.0 Å². The van der Waals surface area contributed by atoms with Crippen molar-refractivity contribution >= 4 is 27.3 Å². The molecule has 1 heterocycles. The molecule has 0 aliphatic heterocycles. The molecular formula is C16H14ClN3O3S. The highest BCUT2D eigenvalue weighted by atomic mass is 35.5. The molecule has 0 amide bonds. The monoisotopic (exact) mass is 363 g/mol. The third-order valence-electron chi connectivity index (χ3n) is 3.18. The number of hydrogen-bond donors (Lipinski definition) is 1. The third-order valence-corrected chi connectivity index (χ3v) is 4.69. The lowest BCUT2D eigenvalue weighted by molar-refractivity contribution is 0.425. The van der Waals surface area contributed by atoms with E-state index in [1.807, 2.05) is 0 Å². The molecule has 124 valence electrons. The molecule has 0 aliphatic rings. The van der Waals surface area contributed by atoms with Gasteiger partial charge in [0, 0.05) is 16.3 Å². The lowest BCUT2D eigenvalue weighted by Gasteiger charge is -2.09. The van der Waals surface area contributed by atoms with Gasteiger partial charge in [0.2, 0.25) is 10.0 Å². The van der Waals surface area contributed by atoms with Gasteiger partial charge in [-0.3, -0.25) is 4.72 Å². The van der Waals surface area contributed by atoms with Crippen LogP contribution in [-0.2, 0) is 15.8 Å². The first-order chi connectivity index (χ1) is 11.4. The van der Waals surface area contributed by atoms with E-state index in [2.05, 4.69) is 14.9 Å². The van der Waals surface area contributed by atoms with Gasteiger partial charge in [0.05, 0.1) is 5.75 Å². The van der Waals surface area contributed by atoms with E-state index in [-0.39, 0.29) is 5.75 Å². The van der Waals surface area contributed by atoms with Gasteiger partial charge in [0.25, 0.3) is 5.89 Å². The fourth-order valence-corrected chi connectivity index (χ4v) is 3.46. The number of hydrogen-bond acceptors (Lipinski definition) is 5. The van der Waals surface area contributed by atoms with Crippen molar-refractivity contribution < 1.29 is 12.9 Å². The zero-order valence-corrected chi connectivity index (χ0v) is 14.3. The van der Waals surface area contributed by atoms with E-state index >= 15 is 0 Å². The number of nitrogens with one attached hydrogen (secondary N) is 1. The van der Waals surface area contributed by atoms with Crippen molar-refractivity contribution in [3.63, 3.8) is 0 Å². The van der Waals surface area contributed by atoms with Crippen LogP contribution >= 0.6 is 11.6 Å². The van der Waals surface area contributed by atoms with Crippen LogP contribution in [0.15, 0.2) is 53.1 Å². The molecule has 1 aromatic heterocycles. The molecule has 0 aliphatic carbocycles. The Balaban J connectivity index is 1.78. The fourth-order valence-electron chi connectivity index (χ4n) is 2.15. The first-order valence-electron chi connectivity index (χ1n) is 7.07. The Morgan fingerprint density at radius 2 is 1.92 bits per heavy atom. The van der Waals surface area contributed by atoms with Gasteiger partial charge in [-0.05, 0) is 42.8 Å². The molecule has 0 spiro atoms. The summed E-state index contributed by atoms with van der Waals surface area (Å²) in [5.74, 6) is 0.707. The van der Waals surface area contributed by atoms with E-state index in [1.54, 1.807) is 55.5 Å². The lowest BCUT2D eigenvalue weighted by Crippen LogP contribution is -2.15. The average molecular weight is 364 g/mol. The van der Waals surface area contributed by atoms with Crippen molar-refractivity contribution in [1.29, 1.82) is 0 Å². The molecule has 3 rings (SSSR count). The molecule has 0 saturated heterocycles. The van der Waals surface area contributed by atoms with Crippen molar-refractivity contribution in [1.82, 2.24) is 10.1 Å². The van der Waals surface area contributed by atoms with Gasteiger partial charge in [0.15, 0.2) is 5.82 Å². The molecule has 24 heavy (non-hydrogen) atoms. The summed E-state index contributed by atoms with van der Waals surface area (Å²) in [7, 11) is -3.55. The normalized spacial score (nSPS) is 11.4. The number of aryl methyl sites for hydroxylation is 1. The summed E-state index contributed by atoms with van der Waals surface area (Å²) < 4.78 is 32.3. The molecule has 0 atom stereocenters. The zero-order valence-electron chi connectivity index (χ0n) is 12.7. The van der Waals surface area contributed by atoms with Crippen LogP contribution in [0.2, 0.25) is 5.02 Å². The maximum absolute atomic E-state index is 12.3. The topological polar surface area (TPSA) is 85.1 Å². The average Bonchev–Trinajstić information content (AvgIpc) is 2.96. The molecule has 3 aromatic rings. The largest absolute Gasteiger partial charge is 0.334 e. The number of aromatic nitrogens is 2. The van der Waals surface area contributed by atoms with Crippen molar-refractivity contribution in [2.75, 3.05) is 4.72 Å². The lowest BCUT2D eigenvalue weighted by atomic mass is 10.2. The van der Waals surface area contributed by atoms with Gasteiger partial charge in [-0.25, -0.2) is 8.42 Å². The third kappa shape index (κ3) is 4.12. The predicted octanol–water partition coefficient (Wildman–Crippen LogP) is 3.64. The standard InChI is InChI=1S/C16H14ClN3O3S/c1-11-18-16(23-19-11)13-3-2-4-15(9-13)20-24(21,22)10-12-5-7-14(17)8-6-12/h2-9,20H,10H2,1H3. The summed E-state index contributed by atoms with van der Waals surface area (Å²) >= 11 is 5.81. The molecule has 1 N–H and O–H groups in total. The van der Waals surface area contributed by atoms with E-state index in [1.165, 1.54) is 0 Å². The highest BCUT2D eigenvalue weighted by Gasteiger charge is 2.13. The molecule has 8 heteroatoms. The number of benzene rings is 2. The van der Waals surface area contributed by atoms with Crippen molar-refractivity contribution in [3.8, 4) is 11.5 Å². The van der Waals surface area contributed by atoms with Crippen LogP contribution in [-0.4, -0.2) is 18.6 Å². The van der Waals surface area contributed by atoms with E-state index in [0.29, 0.717) is 33.6 Å². The van der Waals surface area contributed by atoms with Crippen LogP contribution < -0.4 is 4.72 Å². The maximum atomic E-state index is 12.3. The predicted molar refractivity (Wildman–Crippen MR) is 92.2 cm³/mol. The summed E-state index contributed by atoms with van der Waals surface area (Å²) in [6, 6.07) is 13.5. The Morgan fingerprint density at radius 3 is 2.58 bits per heavy atom. The van der Waals surface area contributed by atoms with Gasteiger partial charge < -0.3 is 4.52 Å². The van der Waals surface area contributed by atoms with Crippen LogP contribution in [0.4, 0.5) is 5.69 Å². The molecule has 0 bridgehead atoms. The highest BCUT2D eigenvalue weighted by molar-refractivity contribution is 7.91. The highest BCUT2D eigenvalue weighted by Crippen LogP contribution is 2.22. The minimum Gasteiger partial charge on any atom is -0.334 e. The van der Waals surface area contributed by atoms with Crippen LogP contribution in [0.5, 0.6) is 0 Å². The molecule has 6 nitrogen and oxygen atoms in total. The van der Waals surface area contributed by atoms with Crippen molar-refractivity contribution in [3.05, 3.63) is 64.9 Å². The second-order valence-electron chi connectivity index (χ2n) is 5.22. The molecule has 0 fully saturated rings. The molecule has 0 saturated carbocycles. The molecule has 2 aromatic carbocycles. The van der Waals surface area contributed by atoms with E-state index in [4.69, 9.17) is 16.1 Å². The molecular weight excluding hydrogens is 350 g/mol. The van der Waals surface area contributed by atoms with E-state index in [0.717, 1.165) is 0 Å². The summed E-state index contributed by atoms with van der Waals surface area (Å²) in [5, 5.41) is 4.29. The SMILES string of the molecule is Cc1noc(-c2cccc(NS(=O)(=O)Cc3ccc(Cl)cc3)c2)n1. The maximum Gasteiger partial charge on any atom is 0.257 e. The second kappa shape index (κ2) is 6.62. The minimum absolute atomic E-state index is 0.145. The number of anilines is 1. The van der Waals surface area contributed by atoms with Gasteiger partial charge in [0.1, 0.15) is 0 Å². The minimum atomic E-state index is -3.55. The Bertz CT molecular complexity index is 953. The first kappa shape index (κ1) is 16.5. The van der Waals surface area contributed by atoms with Crippen LogP contribution in [0, 0.1) is 6.92 Å². The quantitative estimate of drug-likeness (QED) is 0.748. The number of rotatable bonds is 5. The van der Waals surface area contributed by atoms with Gasteiger partial charge in [-0.15, -0.1) is 0 Å². The van der Waals surface area contributed by atoms with Crippen LogP contribution in [0.3, 0.4) is 0 Å². The number of sulfonamides is 1. The summed E-state index contributed by atoms with van der Waals surface area (Å²) in [6.07, 6.45) is 0.